The van der Waals surface area contributed by atoms with Gasteiger partial charge in [0, 0.05) is 12.0 Å². The van der Waals surface area contributed by atoms with Gasteiger partial charge in [0.1, 0.15) is 5.71 Å². The fourth-order valence-electron chi connectivity index (χ4n) is 2.58. The molecule has 1 aliphatic carbocycles. The summed E-state index contributed by atoms with van der Waals surface area (Å²) in [5.41, 5.74) is -0.0225. The fraction of sp³-hybridized carbons (Fsp3) is 0.462. The highest BCUT2D eigenvalue weighted by Crippen LogP contribution is 2.45. The van der Waals surface area contributed by atoms with Crippen LogP contribution in [0.4, 0.5) is 24.5 Å². The van der Waals surface area contributed by atoms with Crippen molar-refractivity contribution in [3.8, 4) is 0 Å². The van der Waals surface area contributed by atoms with E-state index in [0.717, 1.165) is 19.3 Å². The summed E-state index contributed by atoms with van der Waals surface area (Å²) in [6.45, 7) is 0. The van der Waals surface area contributed by atoms with Gasteiger partial charge >= 0.3 is 6.18 Å². The predicted octanol–water partition coefficient (Wildman–Crippen LogP) is 4.06. The number of hydrogen-bond donors (Lipinski definition) is 1. The maximum Gasteiger partial charge on any atom is 0.429 e. The molecule has 1 heterocycles. The van der Waals surface area contributed by atoms with Crippen LogP contribution in [0.5, 0.6) is 0 Å². The van der Waals surface area contributed by atoms with E-state index in [1.54, 1.807) is 18.2 Å². The quantitative estimate of drug-likeness (QED) is 0.741. The molecule has 0 saturated heterocycles. The van der Waals surface area contributed by atoms with Crippen molar-refractivity contribution >= 4 is 17.1 Å². The topological polar surface area (TPSA) is 24.4 Å². The van der Waals surface area contributed by atoms with Gasteiger partial charge in [-0.25, -0.2) is 4.99 Å². The second kappa shape index (κ2) is 3.73. The molecule has 0 aromatic heterocycles. The standard InChI is InChI=1S/C13H13F3N2/c14-13(15,16)11-8-12(6-3-7-12)18-10-5-2-1-4-9(10)17-11/h1-2,4-5,18H,3,6-8H2. The second-order valence-corrected chi connectivity index (χ2v) is 5.01. The lowest BCUT2D eigenvalue weighted by Gasteiger charge is -2.43. The lowest BCUT2D eigenvalue weighted by atomic mass is 9.73. The van der Waals surface area contributed by atoms with E-state index in [9.17, 15) is 13.2 Å². The maximum absolute atomic E-state index is 13.0. The van der Waals surface area contributed by atoms with E-state index in [2.05, 4.69) is 10.3 Å². The summed E-state index contributed by atoms with van der Waals surface area (Å²) in [6.07, 6.45) is -1.86. The molecule has 1 spiro atoms. The van der Waals surface area contributed by atoms with Gasteiger partial charge in [-0.15, -0.1) is 0 Å². The van der Waals surface area contributed by atoms with Crippen molar-refractivity contribution < 1.29 is 13.2 Å². The normalized spacial score (nSPS) is 21.4. The minimum atomic E-state index is -4.35. The van der Waals surface area contributed by atoms with Crippen molar-refractivity contribution in [2.45, 2.75) is 37.4 Å². The van der Waals surface area contributed by atoms with Crippen LogP contribution in [-0.4, -0.2) is 17.4 Å². The SMILES string of the molecule is FC(F)(F)C1=Nc2ccccc2NC2(CCC2)C1. The smallest absolute Gasteiger partial charge is 0.377 e. The average molecular weight is 254 g/mol. The minimum absolute atomic E-state index is 0.0365. The zero-order chi connectivity index (χ0) is 12.8. The van der Waals surface area contributed by atoms with Gasteiger partial charge in [-0.1, -0.05) is 12.1 Å². The fourth-order valence-corrected chi connectivity index (χ4v) is 2.58. The Morgan fingerprint density at radius 3 is 2.50 bits per heavy atom. The molecule has 1 N–H and O–H groups in total. The largest absolute Gasteiger partial charge is 0.429 e. The number of para-hydroxylation sites is 2. The van der Waals surface area contributed by atoms with Crippen molar-refractivity contribution in [2.75, 3.05) is 5.32 Å². The molecule has 3 rings (SSSR count). The monoisotopic (exact) mass is 254 g/mol. The molecule has 18 heavy (non-hydrogen) atoms. The Kier molecular flexibility index (Phi) is 2.40. The number of fused-ring (bicyclic) bond motifs is 1. The highest BCUT2D eigenvalue weighted by molar-refractivity contribution is 5.95. The van der Waals surface area contributed by atoms with Crippen molar-refractivity contribution in [3.05, 3.63) is 24.3 Å². The van der Waals surface area contributed by atoms with Crippen molar-refractivity contribution in [2.24, 2.45) is 4.99 Å². The molecule has 2 aliphatic rings. The molecule has 0 bridgehead atoms. The first-order valence-corrected chi connectivity index (χ1v) is 6.01. The molecule has 1 fully saturated rings. The predicted molar refractivity (Wildman–Crippen MR) is 64.4 cm³/mol. The molecule has 5 heteroatoms. The van der Waals surface area contributed by atoms with Crippen molar-refractivity contribution in [3.63, 3.8) is 0 Å². The summed E-state index contributed by atoms with van der Waals surface area (Å²) in [5.74, 6) is 0. The number of alkyl halides is 3. The summed E-state index contributed by atoms with van der Waals surface area (Å²) in [6, 6.07) is 6.92. The van der Waals surface area contributed by atoms with Crippen molar-refractivity contribution in [1.82, 2.24) is 0 Å². The van der Waals surface area contributed by atoms with E-state index >= 15 is 0 Å². The average Bonchev–Trinajstić information content (AvgIpc) is 2.43. The van der Waals surface area contributed by atoms with Gasteiger partial charge in [0.25, 0.3) is 0 Å². The molecule has 1 aliphatic heterocycles. The summed E-state index contributed by atoms with van der Waals surface area (Å²) in [4.78, 5) is 3.82. The highest BCUT2D eigenvalue weighted by Gasteiger charge is 2.46. The number of benzene rings is 1. The van der Waals surface area contributed by atoms with E-state index in [0.29, 0.717) is 11.4 Å². The van der Waals surface area contributed by atoms with Crippen LogP contribution < -0.4 is 5.32 Å². The first-order chi connectivity index (χ1) is 8.49. The molecule has 0 amide bonds. The Balaban J connectivity index is 2.08. The summed E-state index contributed by atoms with van der Waals surface area (Å²) < 4.78 is 38.9. The highest BCUT2D eigenvalue weighted by atomic mass is 19.4. The van der Waals surface area contributed by atoms with Crippen LogP contribution in [0.2, 0.25) is 0 Å². The zero-order valence-electron chi connectivity index (χ0n) is 9.72. The number of anilines is 1. The molecule has 1 saturated carbocycles. The Morgan fingerprint density at radius 2 is 1.89 bits per heavy atom. The van der Waals surface area contributed by atoms with Gasteiger partial charge < -0.3 is 5.32 Å². The van der Waals surface area contributed by atoms with Crippen LogP contribution in [0.25, 0.3) is 0 Å². The van der Waals surface area contributed by atoms with Crippen LogP contribution >= 0.6 is 0 Å². The van der Waals surface area contributed by atoms with E-state index in [1.165, 1.54) is 0 Å². The Labute approximate surface area is 103 Å². The molecule has 0 radical (unpaired) electrons. The lowest BCUT2D eigenvalue weighted by Crippen LogP contribution is -2.48. The van der Waals surface area contributed by atoms with Gasteiger partial charge in [-0.05, 0) is 31.4 Å². The van der Waals surface area contributed by atoms with Crippen LogP contribution in [-0.2, 0) is 0 Å². The lowest BCUT2D eigenvalue weighted by molar-refractivity contribution is -0.0617. The Morgan fingerprint density at radius 1 is 1.17 bits per heavy atom. The third kappa shape index (κ3) is 1.87. The van der Waals surface area contributed by atoms with Gasteiger partial charge in [-0.2, -0.15) is 13.2 Å². The summed E-state index contributed by atoms with van der Waals surface area (Å²) in [5, 5.41) is 3.26. The van der Waals surface area contributed by atoms with Gasteiger partial charge in [0.05, 0.1) is 11.4 Å². The van der Waals surface area contributed by atoms with E-state index in [1.807, 2.05) is 6.07 Å². The van der Waals surface area contributed by atoms with Gasteiger partial charge in [0.15, 0.2) is 0 Å². The number of nitrogens with one attached hydrogen (secondary N) is 1. The van der Waals surface area contributed by atoms with Crippen molar-refractivity contribution in [1.29, 1.82) is 0 Å². The zero-order valence-corrected chi connectivity index (χ0v) is 9.72. The molecule has 2 nitrogen and oxygen atoms in total. The van der Waals surface area contributed by atoms with E-state index in [-0.39, 0.29) is 6.42 Å². The molecule has 96 valence electrons. The van der Waals surface area contributed by atoms with Crippen LogP contribution in [0.3, 0.4) is 0 Å². The third-order valence-electron chi connectivity index (χ3n) is 3.70. The number of aliphatic imine (C=N–C) groups is 1. The second-order valence-electron chi connectivity index (χ2n) is 5.01. The van der Waals surface area contributed by atoms with Gasteiger partial charge in [0.2, 0.25) is 0 Å². The maximum atomic E-state index is 13.0. The van der Waals surface area contributed by atoms with Crippen LogP contribution in [0.15, 0.2) is 29.3 Å². The minimum Gasteiger partial charge on any atom is -0.377 e. The Hall–Kier alpha value is -1.52. The Bertz CT molecular complexity index is 501. The first kappa shape index (κ1) is 11.6. The summed E-state index contributed by atoms with van der Waals surface area (Å²) in [7, 11) is 0. The third-order valence-corrected chi connectivity index (χ3v) is 3.70. The number of halogens is 3. The molecule has 1 aromatic carbocycles. The van der Waals surface area contributed by atoms with E-state index in [4.69, 9.17) is 0 Å². The molecule has 1 aromatic rings. The van der Waals surface area contributed by atoms with E-state index < -0.39 is 17.4 Å². The number of rotatable bonds is 0. The van der Waals surface area contributed by atoms with Gasteiger partial charge in [-0.3, -0.25) is 0 Å². The number of nitrogens with zero attached hydrogens (tertiary/aromatic N) is 1. The number of hydrogen-bond acceptors (Lipinski definition) is 2. The van der Waals surface area contributed by atoms with Crippen LogP contribution in [0, 0.1) is 0 Å². The van der Waals surface area contributed by atoms with Crippen LogP contribution in [0.1, 0.15) is 25.7 Å². The summed E-state index contributed by atoms with van der Waals surface area (Å²) >= 11 is 0. The first-order valence-electron chi connectivity index (χ1n) is 6.01. The molecular weight excluding hydrogens is 241 g/mol. The molecular formula is C13H13F3N2. The molecule has 0 unspecified atom stereocenters. The molecule has 0 atom stereocenters.